The second-order valence-corrected chi connectivity index (χ2v) is 6.21. The molecule has 2 aromatic carbocycles. The summed E-state index contributed by atoms with van der Waals surface area (Å²) in [5.41, 5.74) is 0.0911. The molecule has 0 bridgehead atoms. The Hall–Kier alpha value is -2.98. The van der Waals surface area contributed by atoms with Crippen molar-refractivity contribution in [3.05, 3.63) is 75.2 Å². The van der Waals surface area contributed by atoms with Gasteiger partial charge in [0.15, 0.2) is 0 Å². The molecule has 2 rings (SSSR count). The number of nitriles is 1. The molecule has 0 atom stereocenters. The molecule has 0 aromatic heterocycles. The summed E-state index contributed by atoms with van der Waals surface area (Å²) in [6, 6.07) is 14.6. The molecule has 0 N–H and O–H groups in total. The van der Waals surface area contributed by atoms with E-state index in [1.165, 1.54) is 36.4 Å². The highest BCUT2D eigenvalue weighted by Crippen LogP contribution is 2.22. The van der Waals surface area contributed by atoms with E-state index in [-0.39, 0.29) is 16.1 Å². The van der Waals surface area contributed by atoms with Gasteiger partial charge in [0, 0.05) is 12.1 Å². The first-order valence-electron chi connectivity index (χ1n) is 6.11. The number of sulfone groups is 1. The third-order valence-corrected chi connectivity index (χ3v) is 4.51. The van der Waals surface area contributed by atoms with Crippen molar-refractivity contribution in [1.82, 2.24) is 0 Å². The molecular formula is C15H10N2O4S. The van der Waals surface area contributed by atoms with Crippen molar-refractivity contribution in [2.45, 2.75) is 4.90 Å². The molecule has 0 aliphatic carbocycles. The minimum absolute atomic E-state index is 0.00627. The molecule has 0 radical (unpaired) electrons. The molecule has 0 unspecified atom stereocenters. The largest absolute Gasteiger partial charge is 0.270 e. The number of benzene rings is 2. The molecule has 0 heterocycles. The average Bonchev–Trinajstić information content (AvgIpc) is 2.53. The van der Waals surface area contributed by atoms with Crippen LogP contribution in [0.2, 0.25) is 0 Å². The molecule has 0 aliphatic rings. The van der Waals surface area contributed by atoms with Crippen molar-refractivity contribution in [3.8, 4) is 6.07 Å². The van der Waals surface area contributed by atoms with Crippen LogP contribution in [0.15, 0.2) is 64.4 Å². The van der Waals surface area contributed by atoms with Crippen molar-refractivity contribution in [3.63, 3.8) is 0 Å². The molecule has 0 amide bonds. The predicted molar refractivity (Wildman–Crippen MR) is 80.3 cm³/mol. The highest BCUT2D eigenvalue weighted by atomic mass is 32.2. The van der Waals surface area contributed by atoms with E-state index >= 15 is 0 Å². The van der Waals surface area contributed by atoms with Gasteiger partial charge in [0.2, 0.25) is 9.84 Å². The first-order chi connectivity index (χ1) is 10.4. The number of hydrogen-bond donors (Lipinski definition) is 0. The number of non-ortho nitro benzene ring substituents is 1. The summed E-state index contributed by atoms with van der Waals surface area (Å²) in [5.74, 6) is 0. The lowest BCUT2D eigenvalue weighted by Crippen LogP contribution is -2.03. The van der Waals surface area contributed by atoms with Crippen LogP contribution >= 0.6 is 0 Å². The average molecular weight is 314 g/mol. The minimum atomic E-state index is -3.95. The van der Waals surface area contributed by atoms with Crippen molar-refractivity contribution in [2.75, 3.05) is 0 Å². The van der Waals surface area contributed by atoms with E-state index in [2.05, 4.69) is 0 Å². The van der Waals surface area contributed by atoms with Gasteiger partial charge in [-0.05, 0) is 23.8 Å². The Balaban J connectivity index is 2.51. The number of nitrogens with zero attached hydrogens (tertiary/aromatic N) is 2. The summed E-state index contributed by atoms with van der Waals surface area (Å²) in [5, 5.41) is 19.9. The monoisotopic (exact) mass is 314 g/mol. The van der Waals surface area contributed by atoms with Crippen LogP contribution in [0, 0.1) is 21.4 Å². The van der Waals surface area contributed by atoms with E-state index in [1.807, 2.05) is 0 Å². The van der Waals surface area contributed by atoms with E-state index in [4.69, 9.17) is 5.26 Å². The van der Waals surface area contributed by atoms with E-state index < -0.39 is 19.7 Å². The molecule has 110 valence electrons. The van der Waals surface area contributed by atoms with Gasteiger partial charge in [-0.2, -0.15) is 5.26 Å². The zero-order chi connectivity index (χ0) is 16.2. The number of allylic oxidation sites excluding steroid dienone is 1. The summed E-state index contributed by atoms with van der Waals surface area (Å²) in [6.07, 6.45) is 1.12. The molecular weight excluding hydrogens is 304 g/mol. The van der Waals surface area contributed by atoms with Crippen molar-refractivity contribution in [2.24, 2.45) is 0 Å². The fourth-order valence-electron chi connectivity index (χ4n) is 1.78. The van der Waals surface area contributed by atoms with E-state index in [0.29, 0.717) is 0 Å². The highest BCUT2D eigenvalue weighted by molar-refractivity contribution is 7.95. The highest BCUT2D eigenvalue weighted by Gasteiger charge is 2.20. The zero-order valence-electron chi connectivity index (χ0n) is 11.2. The Morgan fingerprint density at radius 3 is 2.41 bits per heavy atom. The van der Waals surface area contributed by atoms with E-state index in [9.17, 15) is 18.5 Å². The summed E-state index contributed by atoms with van der Waals surface area (Å²) in [7, 11) is -3.95. The second kappa shape index (κ2) is 6.20. The molecule has 22 heavy (non-hydrogen) atoms. The van der Waals surface area contributed by atoms with Crippen LogP contribution in [0.3, 0.4) is 0 Å². The smallest absolute Gasteiger partial charge is 0.258 e. The lowest BCUT2D eigenvalue weighted by Gasteiger charge is -2.02. The van der Waals surface area contributed by atoms with Gasteiger partial charge in [0.05, 0.1) is 9.82 Å². The minimum Gasteiger partial charge on any atom is -0.258 e. The SMILES string of the molecule is N#C/C(=C\c1cccc([N+](=O)[O-])c1)S(=O)(=O)c1ccccc1. The second-order valence-electron chi connectivity index (χ2n) is 4.29. The third-order valence-electron chi connectivity index (χ3n) is 2.83. The van der Waals surface area contributed by atoms with Crippen LogP contribution in [0.1, 0.15) is 5.56 Å². The summed E-state index contributed by atoms with van der Waals surface area (Å²) < 4.78 is 24.7. The summed E-state index contributed by atoms with van der Waals surface area (Å²) in [4.78, 5) is 9.66. The van der Waals surface area contributed by atoms with Gasteiger partial charge in [-0.15, -0.1) is 0 Å². The Labute approximate surface area is 127 Å². The third kappa shape index (κ3) is 3.19. The number of rotatable bonds is 4. The topological polar surface area (TPSA) is 101 Å². The molecule has 7 heteroatoms. The van der Waals surface area contributed by atoms with Crippen molar-refractivity contribution in [1.29, 1.82) is 5.26 Å². The van der Waals surface area contributed by atoms with Crippen LogP contribution in [-0.2, 0) is 9.84 Å². The Morgan fingerprint density at radius 1 is 1.14 bits per heavy atom. The van der Waals surface area contributed by atoms with Crippen LogP contribution in [0.4, 0.5) is 5.69 Å². The predicted octanol–water partition coefficient (Wildman–Crippen LogP) is 2.93. The van der Waals surface area contributed by atoms with Gasteiger partial charge in [0.1, 0.15) is 11.0 Å². The van der Waals surface area contributed by atoms with Gasteiger partial charge < -0.3 is 0 Å². The lowest BCUT2D eigenvalue weighted by molar-refractivity contribution is -0.384. The molecule has 0 saturated heterocycles. The first kappa shape index (κ1) is 15.4. The maximum atomic E-state index is 12.4. The molecule has 0 aliphatic heterocycles. The zero-order valence-corrected chi connectivity index (χ0v) is 12.0. The fourth-order valence-corrected chi connectivity index (χ4v) is 2.96. The standard InChI is InChI=1S/C15H10N2O4S/c16-11-15(22(20,21)14-7-2-1-3-8-14)10-12-5-4-6-13(9-12)17(18)19/h1-10H/b15-10+. The quantitative estimate of drug-likeness (QED) is 0.490. The maximum Gasteiger partial charge on any atom is 0.270 e. The summed E-state index contributed by atoms with van der Waals surface area (Å²) in [6.45, 7) is 0. The van der Waals surface area contributed by atoms with E-state index in [0.717, 1.165) is 6.08 Å². The number of nitro benzene ring substituents is 1. The molecule has 0 spiro atoms. The Bertz CT molecular complexity index is 881. The Kier molecular flexibility index (Phi) is 4.34. The normalized spacial score (nSPS) is 11.7. The molecule has 0 fully saturated rings. The Morgan fingerprint density at radius 2 is 1.82 bits per heavy atom. The molecule has 0 saturated carbocycles. The van der Waals surface area contributed by atoms with Crippen LogP contribution in [0.25, 0.3) is 6.08 Å². The fraction of sp³-hybridized carbons (Fsp3) is 0. The number of hydrogen-bond acceptors (Lipinski definition) is 5. The van der Waals surface area contributed by atoms with Crippen molar-refractivity contribution >= 4 is 21.6 Å². The summed E-state index contributed by atoms with van der Waals surface area (Å²) >= 11 is 0. The van der Waals surface area contributed by atoms with Gasteiger partial charge in [-0.25, -0.2) is 8.42 Å². The molecule has 6 nitrogen and oxygen atoms in total. The van der Waals surface area contributed by atoms with Crippen LogP contribution < -0.4 is 0 Å². The first-order valence-corrected chi connectivity index (χ1v) is 7.60. The molecule has 2 aromatic rings. The van der Waals surface area contributed by atoms with Crippen LogP contribution in [0.5, 0.6) is 0 Å². The van der Waals surface area contributed by atoms with Gasteiger partial charge >= 0.3 is 0 Å². The van der Waals surface area contributed by atoms with Crippen LogP contribution in [-0.4, -0.2) is 13.3 Å². The lowest BCUT2D eigenvalue weighted by atomic mass is 10.2. The van der Waals surface area contributed by atoms with E-state index in [1.54, 1.807) is 24.3 Å². The van der Waals surface area contributed by atoms with Crippen molar-refractivity contribution < 1.29 is 13.3 Å². The van der Waals surface area contributed by atoms with Gasteiger partial charge in [-0.1, -0.05) is 30.3 Å². The van der Waals surface area contributed by atoms with Gasteiger partial charge in [-0.3, -0.25) is 10.1 Å². The maximum absolute atomic E-state index is 12.4. The number of nitro groups is 1. The van der Waals surface area contributed by atoms with Gasteiger partial charge in [0.25, 0.3) is 5.69 Å².